The normalized spacial score (nSPS) is 15.0. The molecule has 0 aliphatic carbocycles. The van der Waals surface area contributed by atoms with Crippen LogP contribution in [0.1, 0.15) is 48.0 Å². The summed E-state index contributed by atoms with van der Waals surface area (Å²) in [6, 6.07) is 14.7. The van der Waals surface area contributed by atoms with E-state index in [1.165, 1.54) is 4.90 Å². The molecule has 36 heavy (non-hydrogen) atoms. The molecule has 1 amide bonds. The summed E-state index contributed by atoms with van der Waals surface area (Å²) in [6.07, 6.45) is 2.50. The molecule has 1 aliphatic heterocycles. The van der Waals surface area contributed by atoms with Crippen molar-refractivity contribution in [2.45, 2.75) is 26.3 Å². The highest BCUT2D eigenvalue weighted by Gasteiger charge is 2.44. The number of anilines is 1. The molecule has 0 radical (unpaired) electrons. The number of carbonyl (C=O) groups is 1. The highest BCUT2D eigenvalue weighted by Crippen LogP contribution is 2.42. The van der Waals surface area contributed by atoms with Crippen LogP contribution in [0.3, 0.4) is 0 Å². The van der Waals surface area contributed by atoms with Gasteiger partial charge in [0.15, 0.2) is 16.9 Å². The predicted octanol–water partition coefficient (Wildman–Crippen LogP) is 6.02. The number of hydrogen-bond donors (Lipinski definition) is 0. The van der Waals surface area contributed by atoms with E-state index >= 15 is 0 Å². The molecular weight excluding hydrogens is 480 g/mol. The molecule has 0 bridgehead atoms. The SMILES string of the molecule is COc1cc(C2c3c(oc4ccc(Cl)cc4c3=O)C(=O)N2c2ccccn2)ccc1OCCC(C)C. The molecular formula is C28H25ClN2O5. The maximum atomic E-state index is 13.7. The van der Waals surface area contributed by atoms with Crippen molar-refractivity contribution in [3.8, 4) is 11.5 Å². The van der Waals surface area contributed by atoms with E-state index in [4.69, 9.17) is 25.5 Å². The van der Waals surface area contributed by atoms with Crippen LogP contribution in [0.15, 0.2) is 70.0 Å². The number of hydrogen-bond acceptors (Lipinski definition) is 6. The number of carbonyl (C=O) groups excluding carboxylic acids is 1. The van der Waals surface area contributed by atoms with Crippen molar-refractivity contribution in [3.05, 3.63) is 92.9 Å². The monoisotopic (exact) mass is 504 g/mol. The van der Waals surface area contributed by atoms with Gasteiger partial charge in [-0.1, -0.05) is 37.6 Å². The van der Waals surface area contributed by atoms with Gasteiger partial charge in [0.25, 0.3) is 5.91 Å². The number of nitrogens with zero attached hydrogens (tertiary/aromatic N) is 2. The minimum atomic E-state index is -0.777. The predicted molar refractivity (Wildman–Crippen MR) is 138 cm³/mol. The summed E-state index contributed by atoms with van der Waals surface area (Å²) in [4.78, 5) is 33.2. The smallest absolute Gasteiger partial charge is 0.296 e. The number of benzene rings is 2. The first-order chi connectivity index (χ1) is 17.4. The number of rotatable bonds is 7. The quantitative estimate of drug-likeness (QED) is 0.306. The second-order valence-electron chi connectivity index (χ2n) is 9.02. The Morgan fingerprint density at radius 2 is 1.92 bits per heavy atom. The van der Waals surface area contributed by atoms with Gasteiger partial charge in [0.2, 0.25) is 5.76 Å². The van der Waals surface area contributed by atoms with Crippen LogP contribution in [-0.2, 0) is 0 Å². The van der Waals surface area contributed by atoms with Gasteiger partial charge in [-0.15, -0.1) is 0 Å². The number of amides is 1. The van der Waals surface area contributed by atoms with Crippen LogP contribution in [0.2, 0.25) is 5.02 Å². The number of ether oxygens (including phenoxy) is 2. The van der Waals surface area contributed by atoms with E-state index in [9.17, 15) is 9.59 Å². The molecule has 2 aromatic heterocycles. The molecule has 0 spiro atoms. The Morgan fingerprint density at radius 1 is 1.08 bits per heavy atom. The summed E-state index contributed by atoms with van der Waals surface area (Å²) in [5.41, 5.74) is 0.872. The van der Waals surface area contributed by atoms with Crippen LogP contribution >= 0.6 is 11.6 Å². The molecule has 0 saturated carbocycles. The standard InChI is InChI=1S/C28H25ClN2O5/c1-16(2)11-13-35-21-9-7-17(14-22(21)34-3)25-24-26(32)19-15-18(29)8-10-20(19)36-27(24)28(33)31(25)23-6-4-5-12-30-23/h4-10,12,14-16,25H,11,13H2,1-3H3. The van der Waals surface area contributed by atoms with Crippen molar-refractivity contribution < 1.29 is 18.7 Å². The number of halogens is 1. The van der Waals surface area contributed by atoms with Crippen molar-refractivity contribution in [2.24, 2.45) is 5.92 Å². The van der Waals surface area contributed by atoms with Gasteiger partial charge < -0.3 is 13.9 Å². The van der Waals surface area contributed by atoms with Crippen molar-refractivity contribution in [1.82, 2.24) is 4.98 Å². The molecule has 1 unspecified atom stereocenters. The minimum Gasteiger partial charge on any atom is -0.493 e. The van der Waals surface area contributed by atoms with Gasteiger partial charge in [0.05, 0.1) is 30.7 Å². The first-order valence-corrected chi connectivity index (χ1v) is 12.1. The van der Waals surface area contributed by atoms with E-state index < -0.39 is 11.9 Å². The Bertz CT molecular complexity index is 1500. The first kappa shape index (κ1) is 23.9. The van der Waals surface area contributed by atoms with Crippen LogP contribution in [-0.4, -0.2) is 24.6 Å². The fourth-order valence-electron chi connectivity index (χ4n) is 4.37. The van der Waals surface area contributed by atoms with E-state index in [0.29, 0.717) is 51.4 Å². The Kier molecular flexibility index (Phi) is 6.41. The number of fused-ring (bicyclic) bond motifs is 2. The third-order valence-corrected chi connectivity index (χ3v) is 6.42. The summed E-state index contributed by atoms with van der Waals surface area (Å²) >= 11 is 6.17. The summed E-state index contributed by atoms with van der Waals surface area (Å²) in [7, 11) is 1.56. The molecule has 184 valence electrons. The van der Waals surface area contributed by atoms with Gasteiger partial charge in [-0.2, -0.15) is 0 Å². The highest BCUT2D eigenvalue weighted by molar-refractivity contribution is 6.31. The molecule has 5 rings (SSSR count). The van der Waals surface area contributed by atoms with E-state index in [2.05, 4.69) is 18.8 Å². The van der Waals surface area contributed by atoms with Gasteiger partial charge in [0, 0.05) is 11.2 Å². The number of pyridine rings is 1. The molecule has 3 heterocycles. The van der Waals surface area contributed by atoms with Gasteiger partial charge in [0.1, 0.15) is 11.4 Å². The summed E-state index contributed by atoms with van der Waals surface area (Å²) in [5, 5.41) is 0.712. The van der Waals surface area contributed by atoms with Crippen molar-refractivity contribution in [2.75, 3.05) is 18.6 Å². The van der Waals surface area contributed by atoms with Gasteiger partial charge in [-0.05, 0) is 60.4 Å². The Morgan fingerprint density at radius 3 is 2.64 bits per heavy atom. The first-order valence-electron chi connectivity index (χ1n) is 11.7. The maximum Gasteiger partial charge on any atom is 0.296 e. The minimum absolute atomic E-state index is 0.0123. The fraction of sp³-hybridized carbons (Fsp3) is 0.250. The Hall–Kier alpha value is -3.84. The highest BCUT2D eigenvalue weighted by atomic mass is 35.5. The van der Waals surface area contributed by atoms with Gasteiger partial charge in [-0.25, -0.2) is 4.98 Å². The van der Waals surface area contributed by atoms with E-state index in [1.807, 2.05) is 6.07 Å². The number of aromatic nitrogens is 1. The zero-order valence-corrected chi connectivity index (χ0v) is 20.9. The zero-order valence-electron chi connectivity index (χ0n) is 20.2. The molecule has 1 atom stereocenters. The molecule has 0 fully saturated rings. The molecule has 0 N–H and O–H groups in total. The molecule has 8 heteroatoms. The molecule has 4 aromatic rings. The summed E-state index contributed by atoms with van der Waals surface area (Å²) in [6.45, 7) is 4.81. The van der Waals surface area contributed by atoms with Crippen LogP contribution < -0.4 is 19.8 Å². The average Bonchev–Trinajstić information content (AvgIpc) is 3.17. The molecule has 7 nitrogen and oxygen atoms in total. The van der Waals surface area contributed by atoms with Crippen molar-refractivity contribution >= 4 is 34.3 Å². The lowest BCUT2D eigenvalue weighted by Crippen LogP contribution is -2.30. The average molecular weight is 505 g/mol. The molecule has 0 saturated heterocycles. The van der Waals surface area contributed by atoms with Gasteiger partial charge in [-0.3, -0.25) is 14.5 Å². The lowest BCUT2D eigenvalue weighted by Gasteiger charge is -2.25. The molecule has 1 aliphatic rings. The Balaban J connectivity index is 1.68. The zero-order chi connectivity index (χ0) is 25.4. The Labute approximate surface area is 213 Å². The fourth-order valence-corrected chi connectivity index (χ4v) is 4.54. The van der Waals surface area contributed by atoms with E-state index in [0.717, 1.165) is 6.42 Å². The second kappa shape index (κ2) is 9.66. The lowest BCUT2D eigenvalue weighted by molar-refractivity contribution is 0.0970. The van der Waals surface area contributed by atoms with Crippen LogP contribution in [0, 0.1) is 5.92 Å². The summed E-state index contributed by atoms with van der Waals surface area (Å²) in [5.74, 6) is 1.54. The van der Waals surface area contributed by atoms with E-state index in [1.54, 1.807) is 61.8 Å². The molecule has 2 aromatic carbocycles. The maximum absolute atomic E-state index is 13.7. The van der Waals surface area contributed by atoms with Gasteiger partial charge >= 0.3 is 0 Å². The van der Waals surface area contributed by atoms with Crippen molar-refractivity contribution in [1.29, 1.82) is 0 Å². The van der Waals surface area contributed by atoms with E-state index in [-0.39, 0.29) is 16.8 Å². The second-order valence-corrected chi connectivity index (χ2v) is 9.46. The number of methoxy groups -OCH3 is 1. The van der Waals surface area contributed by atoms with Crippen LogP contribution in [0.25, 0.3) is 11.0 Å². The van der Waals surface area contributed by atoms with Crippen molar-refractivity contribution in [3.63, 3.8) is 0 Å². The third kappa shape index (κ3) is 4.20. The van der Waals surface area contributed by atoms with Crippen LogP contribution in [0.4, 0.5) is 5.82 Å². The largest absolute Gasteiger partial charge is 0.493 e. The summed E-state index contributed by atoms with van der Waals surface area (Å²) < 4.78 is 17.5. The third-order valence-electron chi connectivity index (χ3n) is 6.18. The topological polar surface area (TPSA) is 81.9 Å². The van der Waals surface area contributed by atoms with Crippen LogP contribution in [0.5, 0.6) is 11.5 Å². The lowest BCUT2D eigenvalue weighted by atomic mass is 9.98.